The smallest absolute Gasteiger partial charge is 0.326 e. The number of carbonyl (C=O) groups is 2. The summed E-state index contributed by atoms with van der Waals surface area (Å²) in [5.74, 6) is -0.725. The highest BCUT2D eigenvalue weighted by molar-refractivity contribution is 6.32. The number of carboxylic acid groups (broad SMARTS) is 1. The lowest BCUT2D eigenvalue weighted by Crippen LogP contribution is -2.50. The molecule has 4 rings (SSSR count). The van der Waals surface area contributed by atoms with Gasteiger partial charge in [0.15, 0.2) is 0 Å². The molecule has 2 atom stereocenters. The number of benzene rings is 1. The first kappa shape index (κ1) is 20.7. The van der Waals surface area contributed by atoms with Crippen molar-refractivity contribution in [3.8, 4) is 5.75 Å². The molecule has 0 aliphatic carbocycles. The summed E-state index contributed by atoms with van der Waals surface area (Å²) < 4.78 is 5.68. The van der Waals surface area contributed by atoms with Gasteiger partial charge in [0.05, 0.1) is 11.1 Å². The van der Waals surface area contributed by atoms with E-state index in [1.54, 1.807) is 18.2 Å². The topological polar surface area (TPSA) is 78.9 Å². The highest BCUT2D eigenvalue weighted by Gasteiger charge is 2.41. The zero-order chi connectivity index (χ0) is 20.3. The van der Waals surface area contributed by atoms with Crippen molar-refractivity contribution in [2.24, 2.45) is 5.41 Å². The van der Waals surface area contributed by atoms with E-state index in [4.69, 9.17) is 16.3 Å². The van der Waals surface area contributed by atoms with Gasteiger partial charge in [0.2, 0.25) is 5.91 Å². The van der Waals surface area contributed by atoms with Crippen LogP contribution in [0.15, 0.2) is 30.4 Å². The fraction of sp³-hybridized carbons (Fsp3) is 0.524. The number of nitrogens with one attached hydrogen (secondary N) is 1. The number of ether oxygens (including phenoxy) is 1. The van der Waals surface area contributed by atoms with Crippen molar-refractivity contribution in [3.05, 3.63) is 40.9 Å². The minimum absolute atomic E-state index is 0.0134. The van der Waals surface area contributed by atoms with Crippen LogP contribution >= 0.6 is 11.6 Å². The van der Waals surface area contributed by atoms with Gasteiger partial charge in [-0.05, 0) is 36.0 Å². The molecule has 3 aliphatic rings. The Morgan fingerprint density at radius 3 is 2.86 bits per heavy atom. The predicted molar refractivity (Wildman–Crippen MR) is 108 cm³/mol. The average molecular weight is 407 g/mol. The molecule has 3 aliphatic heterocycles. The van der Waals surface area contributed by atoms with Gasteiger partial charge in [-0.1, -0.05) is 43.7 Å². The number of nitrogens with zero attached hydrogens (tertiary/aromatic N) is 1. The Morgan fingerprint density at radius 2 is 2.14 bits per heavy atom. The second-order valence-corrected chi connectivity index (χ2v) is 8.70. The van der Waals surface area contributed by atoms with Crippen LogP contribution in [-0.4, -0.2) is 53.7 Å². The number of halogens is 1. The van der Waals surface area contributed by atoms with E-state index in [-0.39, 0.29) is 23.8 Å². The van der Waals surface area contributed by atoms with Crippen molar-refractivity contribution in [1.29, 1.82) is 0 Å². The molecule has 0 radical (unpaired) electrons. The van der Waals surface area contributed by atoms with E-state index in [0.717, 1.165) is 25.1 Å². The summed E-state index contributed by atoms with van der Waals surface area (Å²) in [7, 11) is 0. The summed E-state index contributed by atoms with van der Waals surface area (Å²) in [5, 5.41) is 12.8. The number of fused-ring (bicyclic) bond motifs is 9. The largest absolute Gasteiger partial charge is 0.488 e. The van der Waals surface area contributed by atoms with Crippen molar-refractivity contribution in [3.63, 3.8) is 0 Å². The Bertz CT molecular complexity index is 778. The van der Waals surface area contributed by atoms with Gasteiger partial charge in [-0.25, -0.2) is 4.79 Å². The van der Waals surface area contributed by atoms with Crippen LogP contribution in [-0.2, 0) is 16.0 Å². The molecule has 7 heteroatoms. The molecule has 1 aromatic rings. The van der Waals surface area contributed by atoms with Crippen molar-refractivity contribution >= 4 is 23.5 Å². The van der Waals surface area contributed by atoms with Crippen molar-refractivity contribution in [1.82, 2.24) is 10.2 Å². The van der Waals surface area contributed by atoms with Gasteiger partial charge in [0, 0.05) is 19.5 Å². The molecule has 28 heavy (non-hydrogen) atoms. The third-order valence-electron chi connectivity index (χ3n) is 5.26. The molecule has 3 heterocycles. The standard InChI is InChI=1S/C21H27ClN2O4/c1-21(2)12-17-19(25)23-16(20(26)27)11-14-6-7-18(15(22)10-14)28-9-5-3-4-8-24(17)13-21/h3,5-7,10,16-17H,4,8-9,11-13H2,1-2H3,(H,23,25)(H,26,27)/t16-,17?/m0/s1. The quantitative estimate of drug-likeness (QED) is 0.701. The van der Waals surface area contributed by atoms with Gasteiger partial charge >= 0.3 is 5.97 Å². The number of rotatable bonds is 1. The van der Waals surface area contributed by atoms with Crippen LogP contribution in [0.3, 0.4) is 0 Å². The minimum Gasteiger partial charge on any atom is -0.488 e. The molecule has 6 nitrogen and oxygen atoms in total. The predicted octanol–water partition coefficient (Wildman–Crippen LogP) is 2.89. The van der Waals surface area contributed by atoms with Crippen LogP contribution in [0.2, 0.25) is 5.02 Å². The molecule has 1 saturated heterocycles. The number of amides is 1. The van der Waals surface area contributed by atoms with Gasteiger partial charge in [0.1, 0.15) is 18.4 Å². The lowest BCUT2D eigenvalue weighted by Gasteiger charge is -2.25. The summed E-state index contributed by atoms with van der Waals surface area (Å²) in [5.41, 5.74) is 0.746. The van der Waals surface area contributed by atoms with Gasteiger partial charge in [-0.3, -0.25) is 9.69 Å². The molecule has 2 N–H and O–H groups in total. The average Bonchev–Trinajstić information content (AvgIpc) is 2.92. The third kappa shape index (κ3) is 5.06. The first-order chi connectivity index (χ1) is 13.2. The normalized spacial score (nSPS) is 25.8. The van der Waals surface area contributed by atoms with E-state index >= 15 is 0 Å². The molecule has 1 unspecified atom stereocenters. The highest BCUT2D eigenvalue weighted by atomic mass is 35.5. The first-order valence-electron chi connectivity index (χ1n) is 9.59. The second kappa shape index (κ2) is 8.53. The monoisotopic (exact) mass is 406 g/mol. The molecular formula is C21H27ClN2O4. The van der Waals surface area contributed by atoms with Crippen molar-refractivity contribution < 1.29 is 19.4 Å². The maximum Gasteiger partial charge on any atom is 0.326 e. The van der Waals surface area contributed by atoms with Gasteiger partial charge in [0.25, 0.3) is 0 Å². The summed E-state index contributed by atoms with van der Waals surface area (Å²) in [6.07, 6.45) is 5.65. The SMILES string of the molecule is CC1(C)CC2C(=O)N[C@H](C(=O)O)Cc3ccc(c(Cl)c3)OCC=CCCN2C1. The maximum absolute atomic E-state index is 12.9. The Morgan fingerprint density at radius 1 is 1.36 bits per heavy atom. The third-order valence-corrected chi connectivity index (χ3v) is 5.55. The molecule has 152 valence electrons. The molecule has 1 fully saturated rings. The number of aliphatic carboxylic acids is 1. The van der Waals surface area contributed by atoms with Gasteiger partial charge in [-0.2, -0.15) is 0 Å². The highest BCUT2D eigenvalue weighted by Crippen LogP contribution is 2.34. The van der Waals surface area contributed by atoms with Crippen molar-refractivity contribution in [2.45, 2.75) is 45.2 Å². The fourth-order valence-corrected chi connectivity index (χ4v) is 4.18. The van der Waals surface area contributed by atoms with Crippen LogP contribution in [0.4, 0.5) is 0 Å². The first-order valence-corrected chi connectivity index (χ1v) is 9.96. The van der Waals surface area contributed by atoms with E-state index < -0.39 is 12.0 Å². The zero-order valence-corrected chi connectivity index (χ0v) is 17.0. The van der Waals surface area contributed by atoms with E-state index in [1.807, 2.05) is 12.2 Å². The van der Waals surface area contributed by atoms with Gasteiger partial charge < -0.3 is 15.2 Å². The van der Waals surface area contributed by atoms with Crippen LogP contribution in [0, 0.1) is 5.41 Å². The Labute approximate surface area is 170 Å². The van der Waals surface area contributed by atoms with Crippen LogP contribution in [0.5, 0.6) is 5.75 Å². The van der Waals surface area contributed by atoms with E-state index in [0.29, 0.717) is 23.8 Å². The number of hydrogen-bond acceptors (Lipinski definition) is 4. The molecule has 1 amide bonds. The minimum atomic E-state index is -1.06. The van der Waals surface area contributed by atoms with Crippen LogP contribution in [0.25, 0.3) is 0 Å². The Kier molecular flexibility index (Phi) is 6.30. The summed E-state index contributed by atoms with van der Waals surface area (Å²) in [4.78, 5) is 26.8. The molecule has 0 saturated carbocycles. The van der Waals surface area contributed by atoms with Crippen LogP contribution < -0.4 is 10.1 Å². The lowest BCUT2D eigenvalue weighted by atomic mass is 9.90. The number of hydrogen-bond donors (Lipinski definition) is 2. The zero-order valence-electron chi connectivity index (χ0n) is 16.3. The lowest BCUT2D eigenvalue weighted by molar-refractivity contribution is -0.142. The molecule has 2 bridgehead atoms. The molecule has 1 aromatic carbocycles. The number of carbonyl (C=O) groups excluding carboxylic acids is 1. The molecule has 0 aromatic heterocycles. The Hall–Kier alpha value is -2.05. The van der Waals surface area contributed by atoms with E-state index in [1.165, 1.54) is 0 Å². The van der Waals surface area contributed by atoms with Crippen LogP contribution in [0.1, 0.15) is 32.3 Å². The van der Waals surface area contributed by atoms with Crippen molar-refractivity contribution in [2.75, 3.05) is 19.7 Å². The Balaban J connectivity index is 1.87. The summed E-state index contributed by atoms with van der Waals surface area (Å²) >= 11 is 6.26. The summed E-state index contributed by atoms with van der Waals surface area (Å²) in [6.45, 7) is 6.23. The van der Waals surface area contributed by atoms with E-state index in [9.17, 15) is 14.7 Å². The maximum atomic E-state index is 12.9. The van der Waals surface area contributed by atoms with E-state index in [2.05, 4.69) is 24.1 Å². The fourth-order valence-electron chi connectivity index (χ4n) is 3.93. The van der Waals surface area contributed by atoms with Gasteiger partial charge in [-0.15, -0.1) is 0 Å². The molecule has 0 spiro atoms. The molecular weight excluding hydrogens is 380 g/mol. The number of carboxylic acids is 1. The summed E-state index contributed by atoms with van der Waals surface area (Å²) in [6, 6.07) is 3.89. The second-order valence-electron chi connectivity index (χ2n) is 8.29.